The molecule has 0 aliphatic rings. The molecule has 0 spiro atoms. The number of anilines is 1. The minimum Gasteiger partial charge on any atom is -0.494 e. The highest BCUT2D eigenvalue weighted by Gasteiger charge is 2.20. The summed E-state index contributed by atoms with van der Waals surface area (Å²) in [5, 5.41) is 2.44. The summed E-state index contributed by atoms with van der Waals surface area (Å²) in [6, 6.07) is 14.9. The third-order valence-corrected chi connectivity index (χ3v) is 3.98. The SMILES string of the molecule is NC(=O)c1c(NC(=O)c2ccccc2F)ncn1CCCOc1ccccc1. The summed E-state index contributed by atoms with van der Waals surface area (Å²) in [5.41, 5.74) is 5.34. The maximum atomic E-state index is 13.8. The largest absolute Gasteiger partial charge is 0.494 e. The summed E-state index contributed by atoms with van der Waals surface area (Å²) < 4.78 is 20.9. The molecule has 2 aromatic carbocycles. The van der Waals surface area contributed by atoms with E-state index in [-0.39, 0.29) is 17.1 Å². The van der Waals surface area contributed by atoms with Crippen molar-refractivity contribution >= 4 is 17.6 Å². The highest BCUT2D eigenvalue weighted by atomic mass is 19.1. The van der Waals surface area contributed by atoms with Crippen molar-refractivity contribution in [3.05, 3.63) is 78.0 Å². The first kappa shape index (κ1) is 19.1. The molecular weight excluding hydrogens is 363 g/mol. The van der Waals surface area contributed by atoms with Gasteiger partial charge in [0.2, 0.25) is 0 Å². The Kier molecular flexibility index (Phi) is 6.01. The van der Waals surface area contributed by atoms with Gasteiger partial charge >= 0.3 is 0 Å². The highest BCUT2D eigenvalue weighted by Crippen LogP contribution is 2.16. The zero-order valence-electron chi connectivity index (χ0n) is 15.0. The molecule has 28 heavy (non-hydrogen) atoms. The molecule has 1 aromatic heterocycles. The van der Waals surface area contributed by atoms with Gasteiger partial charge in [0.15, 0.2) is 11.5 Å². The highest BCUT2D eigenvalue weighted by molar-refractivity contribution is 6.07. The zero-order chi connectivity index (χ0) is 19.9. The molecule has 0 saturated carbocycles. The van der Waals surface area contributed by atoms with Crippen LogP contribution >= 0.6 is 0 Å². The molecule has 8 heteroatoms. The van der Waals surface area contributed by atoms with Gasteiger partial charge in [-0.1, -0.05) is 30.3 Å². The van der Waals surface area contributed by atoms with E-state index in [2.05, 4.69) is 10.3 Å². The van der Waals surface area contributed by atoms with Crippen LogP contribution in [0.4, 0.5) is 10.2 Å². The van der Waals surface area contributed by atoms with Crippen molar-refractivity contribution in [2.24, 2.45) is 5.73 Å². The van der Waals surface area contributed by atoms with Crippen molar-refractivity contribution in [1.29, 1.82) is 0 Å². The maximum absolute atomic E-state index is 13.8. The standard InChI is InChI=1S/C20H19FN4O3/c21-16-10-5-4-9-15(16)20(27)24-19-17(18(22)26)25(13-23-19)11-6-12-28-14-7-2-1-3-8-14/h1-5,7-10,13H,6,11-12H2,(H2,22,26)(H,24,27). The van der Waals surface area contributed by atoms with E-state index in [1.807, 2.05) is 30.3 Å². The van der Waals surface area contributed by atoms with E-state index in [9.17, 15) is 14.0 Å². The topological polar surface area (TPSA) is 99.2 Å². The normalized spacial score (nSPS) is 10.5. The van der Waals surface area contributed by atoms with Gasteiger partial charge < -0.3 is 20.4 Å². The van der Waals surface area contributed by atoms with Crippen LogP contribution in [0.1, 0.15) is 27.3 Å². The number of hydrogen-bond donors (Lipinski definition) is 2. The van der Waals surface area contributed by atoms with Gasteiger partial charge in [-0.2, -0.15) is 0 Å². The van der Waals surface area contributed by atoms with E-state index in [0.29, 0.717) is 19.6 Å². The molecule has 7 nitrogen and oxygen atoms in total. The molecule has 0 aliphatic carbocycles. The molecule has 144 valence electrons. The molecule has 0 unspecified atom stereocenters. The number of aromatic nitrogens is 2. The van der Waals surface area contributed by atoms with Gasteiger partial charge in [-0.25, -0.2) is 9.37 Å². The average molecular weight is 382 g/mol. The third kappa shape index (κ3) is 4.53. The van der Waals surface area contributed by atoms with E-state index in [1.54, 1.807) is 6.07 Å². The van der Waals surface area contributed by atoms with Crippen molar-refractivity contribution in [2.75, 3.05) is 11.9 Å². The molecule has 0 bridgehead atoms. The number of hydrogen-bond acceptors (Lipinski definition) is 4. The van der Waals surface area contributed by atoms with Crippen LogP contribution in [-0.4, -0.2) is 28.0 Å². The Morgan fingerprint density at radius 3 is 2.54 bits per heavy atom. The first-order chi connectivity index (χ1) is 13.6. The smallest absolute Gasteiger partial charge is 0.269 e. The van der Waals surface area contributed by atoms with E-state index in [4.69, 9.17) is 10.5 Å². The molecule has 0 fully saturated rings. The van der Waals surface area contributed by atoms with E-state index in [1.165, 1.54) is 29.1 Å². The predicted molar refractivity (Wildman–Crippen MR) is 102 cm³/mol. The Balaban J connectivity index is 1.65. The van der Waals surface area contributed by atoms with E-state index >= 15 is 0 Å². The lowest BCUT2D eigenvalue weighted by molar-refractivity contribution is 0.0991. The first-order valence-electron chi connectivity index (χ1n) is 8.65. The van der Waals surface area contributed by atoms with Crippen molar-refractivity contribution in [3.8, 4) is 5.75 Å². The fraction of sp³-hybridized carbons (Fsp3) is 0.150. The van der Waals surface area contributed by atoms with Crippen molar-refractivity contribution in [3.63, 3.8) is 0 Å². The molecule has 0 atom stereocenters. The molecule has 1 heterocycles. The van der Waals surface area contributed by atoms with Crippen molar-refractivity contribution in [2.45, 2.75) is 13.0 Å². The number of halogens is 1. The minimum atomic E-state index is -0.745. The second-order valence-corrected chi connectivity index (χ2v) is 5.95. The summed E-state index contributed by atoms with van der Waals surface area (Å²) in [6.45, 7) is 0.838. The number of benzene rings is 2. The van der Waals surface area contributed by atoms with Gasteiger partial charge in [-0.05, 0) is 30.7 Å². The molecular formula is C20H19FN4O3. The van der Waals surface area contributed by atoms with Crippen LogP contribution < -0.4 is 15.8 Å². The Bertz CT molecular complexity index is 973. The number of rotatable bonds is 8. The number of carbonyl (C=O) groups excluding carboxylic acids is 2. The number of imidazole rings is 1. The number of aryl methyl sites for hydroxylation is 1. The van der Waals surface area contributed by atoms with Crippen molar-refractivity contribution in [1.82, 2.24) is 9.55 Å². The molecule has 3 aromatic rings. The van der Waals surface area contributed by atoms with Gasteiger partial charge in [0, 0.05) is 6.54 Å². The van der Waals surface area contributed by atoms with E-state index in [0.717, 1.165) is 5.75 Å². The number of nitrogens with two attached hydrogens (primary N) is 1. The lowest BCUT2D eigenvalue weighted by atomic mass is 10.2. The number of ether oxygens (including phenoxy) is 1. The van der Waals surface area contributed by atoms with Crippen LogP contribution in [0.15, 0.2) is 60.9 Å². The Morgan fingerprint density at radius 1 is 1.11 bits per heavy atom. The number of nitrogens with one attached hydrogen (secondary N) is 1. The summed E-state index contributed by atoms with van der Waals surface area (Å²) in [6.07, 6.45) is 1.99. The van der Waals surface area contributed by atoms with Crippen LogP contribution in [0.5, 0.6) is 5.75 Å². The van der Waals surface area contributed by atoms with Gasteiger partial charge in [0.25, 0.3) is 11.8 Å². The Hall–Kier alpha value is -3.68. The van der Waals surface area contributed by atoms with Gasteiger partial charge in [0.1, 0.15) is 11.6 Å². The average Bonchev–Trinajstić information content (AvgIpc) is 3.09. The fourth-order valence-corrected chi connectivity index (χ4v) is 2.66. The molecule has 2 amide bonds. The monoisotopic (exact) mass is 382 g/mol. The third-order valence-electron chi connectivity index (χ3n) is 3.98. The number of amides is 2. The second kappa shape index (κ2) is 8.81. The Labute approximate surface area is 161 Å². The number of nitrogens with zero attached hydrogens (tertiary/aromatic N) is 2. The number of primary amides is 1. The van der Waals surface area contributed by atoms with Crippen molar-refractivity contribution < 1.29 is 18.7 Å². The van der Waals surface area contributed by atoms with Crippen LogP contribution in [0.2, 0.25) is 0 Å². The summed E-state index contributed by atoms with van der Waals surface area (Å²) in [5.74, 6) is -1.38. The second-order valence-electron chi connectivity index (χ2n) is 5.95. The summed E-state index contributed by atoms with van der Waals surface area (Å²) in [4.78, 5) is 28.1. The summed E-state index contributed by atoms with van der Waals surface area (Å²) in [7, 11) is 0. The fourth-order valence-electron chi connectivity index (χ4n) is 2.66. The number of para-hydroxylation sites is 1. The lowest BCUT2D eigenvalue weighted by Crippen LogP contribution is -2.22. The predicted octanol–water partition coefficient (Wildman–Crippen LogP) is 2.84. The van der Waals surface area contributed by atoms with Gasteiger partial charge in [-0.3, -0.25) is 9.59 Å². The molecule has 3 rings (SSSR count). The van der Waals surface area contributed by atoms with Gasteiger partial charge in [0.05, 0.1) is 18.5 Å². The Morgan fingerprint density at radius 2 is 1.82 bits per heavy atom. The van der Waals surface area contributed by atoms with Gasteiger partial charge in [-0.15, -0.1) is 0 Å². The lowest BCUT2D eigenvalue weighted by Gasteiger charge is -2.09. The first-order valence-corrected chi connectivity index (χ1v) is 8.65. The summed E-state index contributed by atoms with van der Waals surface area (Å²) >= 11 is 0. The van der Waals surface area contributed by atoms with E-state index < -0.39 is 17.6 Å². The molecule has 0 saturated heterocycles. The minimum absolute atomic E-state index is 0.00951. The quantitative estimate of drug-likeness (QED) is 0.585. The van der Waals surface area contributed by atoms with Crippen LogP contribution in [0, 0.1) is 5.82 Å². The molecule has 0 aliphatic heterocycles. The number of carbonyl (C=O) groups is 2. The molecule has 3 N–H and O–H groups in total. The molecule has 0 radical (unpaired) electrons. The van der Waals surface area contributed by atoms with Crippen LogP contribution in [0.25, 0.3) is 0 Å². The zero-order valence-corrected chi connectivity index (χ0v) is 15.0. The van der Waals surface area contributed by atoms with Crippen LogP contribution in [0.3, 0.4) is 0 Å². The van der Waals surface area contributed by atoms with Crippen LogP contribution in [-0.2, 0) is 6.54 Å². The maximum Gasteiger partial charge on any atom is 0.269 e.